The van der Waals surface area contributed by atoms with Gasteiger partial charge in [-0.2, -0.15) is 10.1 Å². The quantitative estimate of drug-likeness (QED) is 0.516. The first kappa shape index (κ1) is 19.2. The van der Waals surface area contributed by atoms with E-state index in [0.717, 1.165) is 22.9 Å². The van der Waals surface area contributed by atoms with E-state index in [1.165, 1.54) is 0 Å². The second-order valence-electron chi connectivity index (χ2n) is 5.70. The van der Waals surface area contributed by atoms with Gasteiger partial charge in [0, 0.05) is 5.69 Å². The highest BCUT2D eigenvalue weighted by Gasteiger charge is 2.02. The van der Waals surface area contributed by atoms with Gasteiger partial charge in [0.05, 0.1) is 26.5 Å². The zero-order valence-corrected chi connectivity index (χ0v) is 15.9. The molecule has 0 aliphatic rings. The number of hydrogen-bond acceptors (Lipinski definition) is 8. The van der Waals surface area contributed by atoms with Gasteiger partial charge in [-0.25, -0.2) is 0 Å². The Morgan fingerprint density at radius 1 is 0.893 bits per heavy atom. The van der Waals surface area contributed by atoms with Crippen molar-refractivity contribution < 1.29 is 14.2 Å². The standard InChI is InChI=1S/C20H23N5O3/c1-3-27-17-6-4-15(5-7-17)23-19-14-22-25-20(24-19)21-12-13-28-18-10-8-16(26-2)9-11-18/h4-11,14H,3,12-13H2,1-2H3,(H2,21,23,24,25). The molecule has 0 fully saturated rings. The Labute approximate surface area is 163 Å². The molecule has 0 aliphatic heterocycles. The maximum atomic E-state index is 5.66. The van der Waals surface area contributed by atoms with E-state index in [4.69, 9.17) is 14.2 Å². The molecule has 146 valence electrons. The molecule has 0 atom stereocenters. The summed E-state index contributed by atoms with van der Waals surface area (Å²) in [4.78, 5) is 4.39. The maximum absolute atomic E-state index is 5.66. The molecule has 1 heterocycles. The normalized spacial score (nSPS) is 10.2. The topological polar surface area (TPSA) is 90.4 Å². The molecule has 28 heavy (non-hydrogen) atoms. The van der Waals surface area contributed by atoms with Crippen molar-refractivity contribution in [3.63, 3.8) is 0 Å². The van der Waals surface area contributed by atoms with Crippen molar-refractivity contribution in [3.05, 3.63) is 54.7 Å². The molecule has 0 spiro atoms. The summed E-state index contributed by atoms with van der Waals surface area (Å²) in [5.74, 6) is 3.41. The van der Waals surface area contributed by atoms with Crippen LogP contribution in [0.5, 0.6) is 17.2 Å². The molecule has 8 heteroatoms. The number of nitrogens with zero attached hydrogens (tertiary/aromatic N) is 3. The fourth-order valence-corrected chi connectivity index (χ4v) is 2.39. The molecule has 0 saturated carbocycles. The second kappa shape index (κ2) is 9.96. The van der Waals surface area contributed by atoms with Gasteiger partial charge in [0.25, 0.3) is 0 Å². The first-order valence-electron chi connectivity index (χ1n) is 8.97. The summed E-state index contributed by atoms with van der Waals surface area (Å²) in [6.07, 6.45) is 1.56. The minimum atomic E-state index is 0.425. The van der Waals surface area contributed by atoms with Crippen LogP contribution in [0.15, 0.2) is 54.7 Å². The van der Waals surface area contributed by atoms with Crippen molar-refractivity contribution in [2.75, 3.05) is 37.5 Å². The molecule has 0 saturated heterocycles. The van der Waals surface area contributed by atoms with E-state index in [9.17, 15) is 0 Å². The molecule has 2 N–H and O–H groups in total. The molecular weight excluding hydrogens is 358 g/mol. The fraction of sp³-hybridized carbons (Fsp3) is 0.250. The maximum Gasteiger partial charge on any atom is 0.244 e. The van der Waals surface area contributed by atoms with E-state index in [2.05, 4.69) is 25.8 Å². The summed E-state index contributed by atoms with van der Waals surface area (Å²) < 4.78 is 16.2. The zero-order valence-electron chi connectivity index (χ0n) is 15.9. The number of rotatable bonds is 10. The van der Waals surface area contributed by atoms with Gasteiger partial charge in [-0.1, -0.05) is 0 Å². The van der Waals surface area contributed by atoms with Crippen LogP contribution in [-0.2, 0) is 0 Å². The summed E-state index contributed by atoms with van der Waals surface area (Å²) in [6.45, 7) is 3.60. The van der Waals surface area contributed by atoms with E-state index in [0.29, 0.717) is 31.5 Å². The second-order valence-corrected chi connectivity index (χ2v) is 5.70. The number of hydrogen-bond donors (Lipinski definition) is 2. The Morgan fingerprint density at radius 3 is 2.29 bits per heavy atom. The number of anilines is 3. The highest BCUT2D eigenvalue weighted by atomic mass is 16.5. The van der Waals surface area contributed by atoms with Gasteiger partial charge in [-0.3, -0.25) is 0 Å². The largest absolute Gasteiger partial charge is 0.497 e. The van der Waals surface area contributed by atoms with E-state index in [1.807, 2.05) is 55.5 Å². The molecular formula is C20H23N5O3. The lowest BCUT2D eigenvalue weighted by molar-refractivity contribution is 0.331. The molecule has 0 radical (unpaired) electrons. The minimum Gasteiger partial charge on any atom is -0.497 e. The summed E-state index contributed by atoms with van der Waals surface area (Å²) in [6, 6.07) is 15.1. The Balaban J connectivity index is 1.47. The van der Waals surface area contributed by atoms with Crippen molar-refractivity contribution in [1.82, 2.24) is 15.2 Å². The Hall–Kier alpha value is -3.55. The third-order valence-electron chi connectivity index (χ3n) is 3.71. The predicted octanol–water partition coefficient (Wildman–Crippen LogP) is 3.51. The molecule has 0 unspecified atom stereocenters. The highest BCUT2D eigenvalue weighted by Crippen LogP contribution is 2.19. The monoisotopic (exact) mass is 381 g/mol. The third-order valence-corrected chi connectivity index (χ3v) is 3.71. The van der Waals surface area contributed by atoms with Crippen LogP contribution in [0.2, 0.25) is 0 Å². The lowest BCUT2D eigenvalue weighted by Gasteiger charge is -2.10. The molecule has 3 rings (SSSR count). The van der Waals surface area contributed by atoms with E-state index in [1.54, 1.807) is 13.3 Å². The molecule has 0 bridgehead atoms. The lowest BCUT2D eigenvalue weighted by Crippen LogP contribution is -2.14. The van der Waals surface area contributed by atoms with Crippen molar-refractivity contribution in [2.24, 2.45) is 0 Å². The van der Waals surface area contributed by atoms with Gasteiger partial charge >= 0.3 is 0 Å². The molecule has 0 amide bonds. The predicted molar refractivity (Wildman–Crippen MR) is 108 cm³/mol. The van der Waals surface area contributed by atoms with Gasteiger partial charge < -0.3 is 24.8 Å². The Kier molecular flexibility index (Phi) is 6.84. The average molecular weight is 381 g/mol. The van der Waals surface area contributed by atoms with Crippen molar-refractivity contribution in [2.45, 2.75) is 6.92 Å². The number of aromatic nitrogens is 3. The van der Waals surface area contributed by atoms with Crippen LogP contribution in [0.25, 0.3) is 0 Å². The average Bonchev–Trinajstić information content (AvgIpc) is 2.74. The number of ether oxygens (including phenoxy) is 3. The van der Waals surface area contributed by atoms with E-state index in [-0.39, 0.29) is 0 Å². The summed E-state index contributed by atoms with van der Waals surface area (Å²) >= 11 is 0. The molecule has 8 nitrogen and oxygen atoms in total. The highest BCUT2D eigenvalue weighted by molar-refractivity contribution is 5.57. The van der Waals surface area contributed by atoms with Gasteiger partial charge in [0.2, 0.25) is 5.95 Å². The SMILES string of the molecule is CCOc1ccc(Nc2cnnc(NCCOc3ccc(OC)cc3)n2)cc1. The Bertz CT molecular complexity index is 856. The van der Waals surface area contributed by atoms with Crippen LogP contribution >= 0.6 is 0 Å². The molecule has 2 aromatic carbocycles. The first-order chi connectivity index (χ1) is 13.8. The third kappa shape index (κ3) is 5.73. The van der Waals surface area contributed by atoms with Crippen molar-refractivity contribution >= 4 is 17.5 Å². The van der Waals surface area contributed by atoms with Crippen LogP contribution in [-0.4, -0.2) is 42.0 Å². The molecule has 1 aromatic heterocycles. The molecule has 0 aliphatic carbocycles. The fourth-order valence-electron chi connectivity index (χ4n) is 2.39. The smallest absolute Gasteiger partial charge is 0.244 e. The summed E-state index contributed by atoms with van der Waals surface area (Å²) in [7, 11) is 1.63. The summed E-state index contributed by atoms with van der Waals surface area (Å²) in [5.41, 5.74) is 0.887. The number of nitrogens with one attached hydrogen (secondary N) is 2. The minimum absolute atomic E-state index is 0.425. The summed E-state index contributed by atoms with van der Waals surface area (Å²) in [5, 5.41) is 14.2. The van der Waals surface area contributed by atoms with E-state index >= 15 is 0 Å². The Morgan fingerprint density at radius 2 is 1.57 bits per heavy atom. The zero-order chi connectivity index (χ0) is 19.6. The van der Waals surface area contributed by atoms with Gasteiger partial charge in [0.15, 0.2) is 5.82 Å². The van der Waals surface area contributed by atoms with Crippen LogP contribution in [0, 0.1) is 0 Å². The molecule has 3 aromatic rings. The van der Waals surface area contributed by atoms with Crippen molar-refractivity contribution in [3.8, 4) is 17.2 Å². The van der Waals surface area contributed by atoms with Crippen molar-refractivity contribution in [1.29, 1.82) is 0 Å². The first-order valence-corrected chi connectivity index (χ1v) is 8.97. The lowest BCUT2D eigenvalue weighted by atomic mass is 10.3. The van der Waals surface area contributed by atoms with Crippen LogP contribution < -0.4 is 24.8 Å². The number of benzene rings is 2. The van der Waals surface area contributed by atoms with Gasteiger partial charge in [-0.15, -0.1) is 5.10 Å². The van der Waals surface area contributed by atoms with Crippen LogP contribution in [0.3, 0.4) is 0 Å². The number of methoxy groups -OCH3 is 1. The van der Waals surface area contributed by atoms with Crippen LogP contribution in [0.1, 0.15) is 6.92 Å². The van der Waals surface area contributed by atoms with Gasteiger partial charge in [-0.05, 0) is 55.5 Å². The van der Waals surface area contributed by atoms with Crippen LogP contribution in [0.4, 0.5) is 17.5 Å². The van der Waals surface area contributed by atoms with Gasteiger partial charge in [0.1, 0.15) is 23.9 Å². The van der Waals surface area contributed by atoms with E-state index < -0.39 is 0 Å².